The molecule has 142 valence electrons. The van der Waals surface area contributed by atoms with Gasteiger partial charge in [0.15, 0.2) is 0 Å². The molecule has 2 N–H and O–H groups in total. The van der Waals surface area contributed by atoms with Gasteiger partial charge < -0.3 is 5.32 Å². The molecule has 0 aromatic heterocycles. The lowest BCUT2D eigenvalue weighted by Crippen LogP contribution is -2.28. The molecular formula is C21H18N2O4S. The van der Waals surface area contributed by atoms with Crippen LogP contribution in [0.15, 0.2) is 83.8 Å². The molecule has 0 bridgehead atoms. The maximum Gasteiger partial charge on any atom is 0.264 e. The molecule has 0 atom stereocenters. The Bertz CT molecular complexity index is 1090. The molecule has 0 unspecified atom stereocenters. The molecule has 3 aromatic carbocycles. The van der Waals surface area contributed by atoms with Crippen molar-refractivity contribution in [2.24, 2.45) is 0 Å². The van der Waals surface area contributed by atoms with Crippen molar-refractivity contribution in [1.29, 1.82) is 0 Å². The Morgan fingerprint density at radius 2 is 1.32 bits per heavy atom. The van der Waals surface area contributed by atoms with E-state index in [4.69, 9.17) is 0 Å². The third kappa shape index (κ3) is 4.63. The van der Waals surface area contributed by atoms with E-state index < -0.39 is 15.9 Å². The van der Waals surface area contributed by atoms with Crippen LogP contribution < -0.4 is 10.0 Å². The fourth-order valence-electron chi connectivity index (χ4n) is 2.61. The lowest BCUT2D eigenvalue weighted by molar-refractivity contribution is -0.117. The summed E-state index contributed by atoms with van der Waals surface area (Å²) < 4.78 is 25.7. The average molecular weight is 394 g/mol. The first-order chi connectivity index (χ1) is 13.3. The zero-order chi connectivity index (χ0) is 20.1. The Balaban J connectivity index is 1.70. The summed E-state index contributed by atoms with van der Waals surface area (Å²) in [5.41, 5.74) is 2.99. The predicted molar refractivity (Wildman–Crippen MR) is 107 cm³/mol. The van der Waals surface area contributed by atoms with E-state index >= 15 is 0 Å². The fraction of sp³-hybridized carbons (Fsp3) is 0.0476. The Hall–Kier alpha value is -3.45. The SMILES string of the molecule is CC(=O)NS(=O)(=O)c1ccc(NC(=O)c2ccc(-c3ccccc3)cc2)cc1. The van der Waals surface area contributed by atoms with E-state index in [-0.39, 0.29) is 10.8 Å². The molecule has 0 spiro atoms. The lowest BCUT2D eigenvalue weighted by Gasteiger charge is -2.08. The van der Waals surface area contributed by atoms with Crippen LogP contribution in [0.5, 0.6) is 0 Å². The van der Waals surface area contributed by atoms with Crippen molar-refractivity contribution in [3.63, 3.8) is 0 Å². The molecule has 0 saturated heterocycles. The molecule has 6 nitrogen and oxygen atoms in total. The molecule has 2 amide bonds. The molecule has 0 aliphatic carbocycles. The zero-order valence-electron chi connectivity index (χ0n) is 15.0. The van der Waals surface area contributed by atoms with Crippen LogP contribution >= 0.6 is 0 Å². The van der Waals surface area contributed by atoms with Crippen LogP contribution in [0, 0.1) is 0 Å². The predicted octanol–water partition coefficient (Wildman–Crippen LogP) is 3.43. The van der Waals surface area contributed by atoms with Crippen molar-refractivity contribution in [1.82, 2.24) is 4.72 Å². The van der Waals surface area contributed by atoms with Crippen molar-refractivity contribution >= 4 is 27.5 Å². The molecular weight excluding hydrogens is 376 g/mol. The summed E-state index contributed by atoms with van der Waals surface area (Å²) in [5, 5.41) is 2.72. The number of carbonyl (C=O) groups excluding carboxylic acids is 2. The van der Waals surface area contributed by atoms with Gasteiger partial charge in [0.05, 0.1) is 4.90 Å². The second-order valence-electron chi connectivity index (χ2n) is 6.08. The van der Waals surface area contributed by atoms with E-state index in [0.717, 1.165) is 18.1 Å². The van der Waals surface area contributed by atoms with Gasteiger partial charge in [0.25, 0.3) is 15.9 Å². The second-order valence-corrected chi connectivity index (χ2v) is 7.77. The number of rotatable bonds is 5. The molecule has 3 rings (SSSR count). The van der Waals surface area contributed by atoms with Gasteiger partial charge in [-0.3, -0.25) is 9.59 Å². The topological polar surface area (TPSA) is 92.3 Å². The van der Waals surface area contributed by atoms with Gasteiger partial charge in [-0.15, -0.1) is 0 Å². The van der Waals surface area contributed by atoms with Crippen LogP contribution in [-0.4, -0.2) is 20.2 Å². The molecule has 0 heterocycles. The molecule has 0 aliphatic rings. The van der Waals surface area contributed by atoms with E-state index in [1.54, 1.807) is 12.1 Å². The third-order valence-corrected chi connectivity index (χ3v) is 5.40. The first-order valence-corrected chi connectivity index (χ1v) is 9.94. The van der Waals surface area contributed by atoms with Crippen LogP contribution in [0.2, 0.25) is 0 Å². The van der Waals surface area contributed by atoms with Crippen LogP contribution in [0.4, 0.5) is 5.69 Å². The van der Waals surface area contributed by atoms with Crippen molar-refractivity contribution in [2.75, 3.05) is 5.32 Å². The number of hydrogen-bond donors (Lipinski definition) is 2. The summed E-state index contributed by atoms with van der Waals surface area (Å²) in [6.45, 7) is 1.12. The van der Waals surface area contributed by atoms with Crippen LogP contribution in [0.1, 0.15) is 17.3 Å². The number of amides is 2. The molecule has 0 fully saturated rings. The highest BCUT2D eigenvalue weighted by atomic mass is 32.2. The first-order valence-electron chi connectivity index (χ1n) is 8.45. The van der Waals surface area contributed by atoms with Gasteiger partial charge in [-0.25, -0.2) is 13.1 Å². The highest BCUT2D eigenvalue weighted by Gasteiger charge is 2.15. The highest BCUT2D eigenvalue weighted by molar-refractivity contribution is 7.90. The summed E-state index contributed by atoms with van der Waals surface area (Å²) in [6, 6.07) is 22.6. The van der Waals surface area contributed by atoms with Gasteiger partial charge in [0, 0.05) is 18.2 Å². The molecule has 0 saturated carbocycles. The normalized spacial score (nSPS) is 10.9. The fourth-order valence-corrected chi connectivity index (χ4v) is 3.60. The quantitative estimate of drug-likeness (QED) is 0.693. The summed E-state index contributed by atoms with van der Waals surface area (Å²) in [5.74, 6) is -0.978. The molecule has 28 heavy (non-hydrogen) atoms. The number of carbonyl (C=O) groups is 2. The maximum atomic E-state index is 12.4. The Morgan fingerprint density at radius 3 is 1.89 bits per heavy atom. The van der Waals surface area contributed by atoms with Gasteiger partial charge in [-0.2, -0.15) is 0 Å². The van der Waals surface area contributed by atoms with Gasteiger partial charge in [0.2, 0.25) is 5.91 Å². The van der Waals surface area contributed by atoms with Crippen molar-refractivity contribution in [2.45, 2.75) is 11.8 Å². The minimum Gasteiger partial charge on any atom is -0.322 e. The minimum atomic E-state index is -3.90. The van der Waals surface area contributed by atoms with Gasteiger partial charge in [-0.05, 0) is 47.5 Å². The number of benzene rings is 3. The summed E-state index contributed by atoms with van der Waals surface area (Å²) >= 11 is 0. The van der Waals surface area contributed by atoms with Crippen molar-refractivity contribution in [3.05, 3.63) is 84.4 Å². The molecule has 3 aromatic rings. The highest BCUT2D eigenvalue weighted by Crippen LogP contribution is 2.20. The number of sulfonamides is 1. The monoisotopic (exact) mass is 394 g/mol. The lowest BCUT2D eigenvalue weighted by atomic mass is 10.0. The third-order valence-electron chi connectivity index (χ3n) is 3.95. The largest absolute Gasteiger partial charge is 0.322 e. The standard InChI is InChI=1S/C21H18N2O4S/c1-15(24)23-28(26,27)20-13-11-19(12-14-20)22-21(25)18-9-7-17(8-10-18)16-5-3-2-4-6-16/h2-14H,1H3,(H,22,25)(H,23,24). The summed E-state index contributed by atoms with van der Waals surface area (Å²) in [6.07, 6.45) is 0. The van der Waals surface area contributed by atoms with Gasteiger partial charge >= 0.3 is 0 Å². The van der Waals surface area contributed by atoms with E-state index in [0.29, 0.717) is 11.3 Å². The van der Waals surface area contributed by atoms with Gasteiger partial charge in [0.1, 0.15) is 0 Å². The average Bonchev–Trinajstić information content (AvgIpc) is 2.68. The summed E-state index contributed by atoms with van der Waals surface area (Å²) in [7, 11) is -3.90. The number of hydrogen-bond acceptors (Lipinski definition) is 4. The van der Waals surface area contributed by atoms with E-state index in [9.17, 15) is 18.0 Å². The summed E-state index contributed by atoms with van der Waals surface area (Å²) in [4.78, 5) is 23.3. The van der Waals surface area contributed by atoms with E-state index in [1.165, 1.54) is 24.3 Å². The second kappa shape index (κ2) is 8.06. The van der Waals surface area contributed by atoms with Crippen molar-refractivity contribution in [3.8, 4) is 11.1 Å². The van der Waals surface area contributed by atoms with Crippen LogP contribution in [0.25, 0.3) is 11.1 Å². The number of nitrogens with one attached hydrogen (secondary N) is 2. The Kier molecular flexibility index (Phi) is 5.56. The number of anilines is 1. The van der Waals surface area contributed by atoms with Crippen molar-refractivity contribution < 1.29 is 18.0 Å². The first kappa shape index (κ1) is 19.3. The minimum absolute atomic E-state index is 0.0621. The molecule has 0 aliphatic heterocycles. The smallest absolute Gasteiger partial charge is 0.264 e. The molecule has 0 radical (unpaired) electrons. The van der Waals surface area contributed by atoms with Crippen LogP contribution in [-0.2, 0) is 14.8 Å². The van der Waals surface area contributed by atoms with E-state index in [2.05, 4.69) is 5.32 Å². The zero-order valence-corrected chi connectivity index (χ0v) is 15.9. The molecule has 7 heteroatoms. The Labute approximate surface area is 163 Å². The van der Waals surface area contributed by atoms with Crippen LogP contribution in [0.3, 0.4) is 0 Å². The Morgan fingerprint density at radius 1 is 0.750 bits per heavy atom. The van der Waals surface area contributed by atoms with Gasteiger partial charge in [-0.1, -0.05) is 42.5 Å². The maximum absolute atomic E-state index is 12.4. The van der Waals surface area contributed by atoms with E-state index in [1.807, 2.05) is 47.2 Å².